The number of methoxy groups -OCH3 is 1. The fourth-order valence-corrected chi connectivity index (χ4v) is 1.73. The van der Waals surface area contributed by atoms with Crippen LogP contribution in [0.4, 0.5) is 0 Å². The van der Waals surface area contributed by atoms with Gasteiger partial charge < -0.3 is 15.0 Å². The molecule has 4 nitrogen and oxygen atoms in total. The van der Waals surface area contributed by atoms with Gasteiger partial charge >= 0.3 is 5.97 Å². The van der Waals surface area contributed by atoms with E-state index in [0.29, 0.717) is 12.6 Å². The fourth-order valence-electron chi connectivity index (χ4n) is 1.31. The van der Waals surface area contributed by atoms with Gasteiger partial charge in [-0.05, 0) is 46.8 Å². The SMILES string of the molecule is COC(=O)C(Br)CNCCCCN(C)C(C)C. The van der Waals surface area contributed by atoms with Crippen LogP contribution in [0.25, 0.3) is 0 Å². The van der Waals surface area contributed by atoms with Crippen molar-refractivity contribution < 1.29 is 9.53 Å². The van der Waals surface area contributed by atoms with Gasteiger partial charge in [0.2, 0.25) is 0 Å². The number of hydrogen-bond donors (Lipinski definition) is 1. The summed E-state index contributed by atoms with van der Waals surface area (Å²) in [4.78, 5) is 13.2. The molecule has 0 spiro atoms. The Balaban J connectivity index is 3.38. The van der Waals surface area contributed by atoms with Crippen molar-refractivity contribution in [3.05, 3.63) is 0 Å². The summed E-state index contributed by atoms with van der Waals surface area (Å²) in [6.07, 6.45) is 2.30. The molecule has 0 aliphatic rings. The zero-order valence-corrected chi connectivity index (χ0v) is 12.9. The molecule has 0 aliphatic heterocycles. The quantitative estimate of drug-likeness (QED) is 0.399. The lowest BCUT2D eigenvalue weighted by Gasteiger charge is -2.20. The van der Waals surface area contributed by atoms with Gasteiger partial charge in [0.1, 0.15) is 4.83 Å². The van der Waals surface area contributed by atoms with E-state index < -0.39 is 0 Å². The van der Waals surface area contributed by atoms with Gasteiger partial charge in [0.05, 0.1) is 7.11 Å². The molecule has 1 atom stereocenters. The highest BCUT2D eigenvalue weighted by atomic mass is 79.9. The van der Waals surface area contributed by atoms with E-state index in [2.05, 4.69) is 51.8 Å². The monoisotopic (exact) mass is 308 g/mol. The van der Waals surface area contributed by atoms with E-state index in [1.54, 1.807) is 0 Å². The van der Waals surface area contributed by atoms with Crippen molar-refractivity contribution in [1.29, 1.82) is 0 Å². The first-order chi connectivity index (χ1) is 7.99. The maximum absolute atomic E-state index is 11.1. The highest BCUT2D eigenvalue weighted by Crippen LogP contribution is 2.00. The van der Waals surface area contributed by atoms with E-state index in [4.69, 9.17) is 0 Å². The van der Waals surface area contributed by atoms with Crippen LogP contribution in [0.1, 0.15) is 26.7 Å². The molecule has 0 radical (unpaired) electrons. The number of carbonyl (C=O) groups is 1. The van der Waals surface area contributed by atoms with Crippen molar-refractivity contribution in [2.24, 2.45) is 0 Å². The molecule has 0 amide bonds. The molecule has 0 bridgehead atoms. The predicted molar refractivity (Wildman–Crippen MR) is 74.6 cm³/mol. The molecule has 1 N–H and O–H groups in total. The minimum atomic E-state index is -0.245. The third-order valence-corrected chi connectivity index (χ3v) is 3.47. The van der Waals surface area contributed by atoms with Gasteiger partial charge in [-0.15, -0.1) is 0 Å². The summed E-state index contributed by atoms with van der Waals surface area (Å²) >= 11 is 3.27. The molecule has 0 aromatic heterocycles. The minimum absolute atomic E-state index is 0.225. The van der Waals surface area contributed by atoms with Crippen LogP contribution in [0.3, 0.4) is 0 Å². The van der Waals surface area contributed by atoms with Gasteiger partial charge in [-0.1, -0.05) is 15.9 Å². The largest absolute Gasteiger partial charge is 0.468 e. The van der Waals surface area contributed by atoms with Gasteiger partial charge in [0.15, 0.2) is 0 Å². The smallest absolute Gasteiger partial charge is 0.320 e. The van der Waals surface area contributed by atoms with Crippen LogP contribution in [0.5, 0.6) is 0 Å². The predicted octanol–water partition coefficient (Wildman–Crippen LogP) is 1.63. The van der Waals surface area contributed by atoms with E-state index in [1.807, 2.05) is 0 Å². The summed E-state index contributed by atoms with van der Waals surface area (Å²) in [5.74, 6) is -0.225. The van der Waals surface area contributed by atoms with Crippen LogP contribution >= 0.6 is 15.9 Å². The number of ether oxygens (including phenoxy) is 1. The number of halogens is 1. The molecule has 5 heteroatoms. The maximum Gasteiger partial charge on any atom is 0.320 e. The third kappa shape index (κ3) is 8.57. The Bertz CT molecular complexity index is 213. The Labute approximate surface area is 113 Å². The van der Waals surface area contributed by atoms with Crippen molar-refractivity contribution >= 4 is 21.9 Å². The molecule has 0 aromatic rings. The Morgan fingerprint density at radius 1 is 1.41 bits per heavy atom. The second kappa shape index (κ2) is 9.85. The number of carbonyl (C=O) groups excluding carboxylic acids is 1. The molecule has 1 unspecified atom stereocenters. The highest BCUT2D eigenvalue weighted by molar-refractivity contribution is 9.10. The molecular weight excluding hydrogens is 284 g/mol. The van der Waals surface area contributed by atoms with Crippen molar-refractivity contribution in [2.45, 2.75) is 37.6 Å². The van der Waals surface area contributed by atoms with Crippen molar-refractivity contribution in [3.8, 4) is 0 Å². The molecule has 0 rings (SSSR count). The van der Waals surface area contributed by atoms with Crippen LogP contribution in [0, 0.1) is 0 Å². The lowest BCUT2D eigenvalue weighted by molar-refractivity contribution is -0.139. The lowest BCUT2D eigenvalue weighted by atomic mass is 10.2. The zero-order chi connectivity index (χ0) is 13.3. The highest BCUT2D eigenvalue weighted by Gasteiger charge is 2.13. The Hall–Kier alpha value is -0.130. The topological polar surface area (TPSA) is 41.6 Å². The summed E-state index contributed by atoms with van der Waals surface area (Å²) in [6.45, 7) is 7.07. The van der Waals surface area contributed by atoms with Crippen LogP contribution in [0.15, 0.2) is 0 Å². The number of rotatable bonds is 9. The average molecular weight is 309 g/mol. The van der Waals surface area contributed by atoms with Crippen molar-refractivity contribution in [3.63, 3.8) is 0 Å². The van der Waals surface area contributed by atoms with Crippen molar-refractivity contribution in [2.75, 3.05) is 33.8 Å². The number of nitrogens with one attached hydrogen (secondary N) is 1. The third-order valence-electron chi connectivity index (χ3n) is 2.78. The first kappa shape index (κ1) is 16.9. The number of unbranched alkanes of at least 4 members (excludes halogenated alkanes) is 1. The number of nitrogens with zero attached hydrogens (tertiary/aromatic N) is 1. The van der Waals surface area contributed by atoms with E-state index in [-0.39, 0.29) is 10.8 Å². The van der Waals surface area contributed by atoms with E-state index >= 15 is 0 Å². The van der Waals surface area contributed by atoms with Crippen LogP contribution in [0.2, 0.25) is 0 Å². The van der Waals surface area contributed by atoms with Gasteiger partial charge in [-0.25, -0.2) is 0 Å². The summed E-state index contributed by atoms with van der Waals surface area (Å²) in [6, 6.07) is 0.606. The normalized spacial score (nSPS) is 13.1. The minimum Gasteiger partial charge on any atom is -0.468 e. The summed E-state index contributed by atoms with van der Waals surface area (Å²) < 4.78 is 4.62. The first-order valence-electron chi connectivity index (χ1n) is 6.12. The Morgan fingerprint density at radius 3 is 2.59 bits per heavy atom. The Morgan fingerprint density at radius 2 is 2.06 bits per heavy atom. The molecule has 0 fully saturated rings. The number of esters is 1. The summed E-state index contributed by atoms with van der Waals surface area (Å²) in [5, 5.41) is 3.24. The molecule has 0 aliphatic carbocycles. The molecule has 0 heterocycles. The van der Waals surface area contributed by atoms with E-state index in [1.165, 1.54) is 13.5 Å². The zero-order valence-electron chi connectivity index (χ0n) is 11.3. The fraction of sp³-hybridized carbons (Fsp3) is 0.917. The average Bonchev–Trinajstić information content (AvgIpc) is 2.31. The molecule has 17 heavy (non-hydrogen) atoms. The van der Waals surface area contributed by atoms with E-state index in [0.717, 1.165) is 19.5 Å². The lowest BCUT2D eigenvalue weighted by Crippen LogP contribution is -2.31. The van der Waals surface area contributed by atoms with E-state index in [9.17, 15) is 4.79 Å². The summed E-state index contributed by atoms with van der Waals surface area (Å²) in [7, 11) is 3.54. The van der Waals surface area contributed by atoms with Crippen LogP contribution in [-0.4, -0.2) is 55.5 Å². The molecular formula is C12H25BrN2O2. The molecule has 0 saturated carbocycles. The Kier molecular flexibility index (Phi) is 9.78. The van der Waals surface area contributed by atoms with Crippen LogP contribution in [-0.2, 0) is 9.53 Å². The van der Waals surface area contributed by atoms with Crippen molar-refractivity contribution in [1.82, 2.24) is 10.2 Å². The van der Waals surface area contributed by atoms with Gasteiger partial charge in [-0.3, -0.25) is 4.79 Å². The second-order valence-corrected chi connectivity index (χ2v) is 5.58. The second-order valence-electron chi connectivity index (χ2n) is 4.48. The summed E-state index contributed by atoms with van der Waals surface area (Å²) in [5.41, 5.74) is 0. The van der Waals surface area contributed by atoms with Gasteiger partial charge in [0, 0.05) is 12.6 Å². The van der Waals surface area contributed by atoms with Gasteiger partial charge in [0.25, 0.3) is 0 Å². The molecule has 102 valence electrons. The maximum atomic E-state index is 11.1. The van der Waals surface area contributed by atoms with Crippen LogP contribution < -0.4 is 5.32 Å². The van der Waals surface area contributed by atoms with Gasteiger partial charge in [-0.2, -0.15) is 0 Å². The molecule has 0 saturated heterocycles. The molecule has 0 aromatic carbocycles. The number of hydrogen-bond acceptors (Lipinski definition) is 4. The standard InChI is InChI=1S/C12H25BrN2O2/c1-10(2)15(3)8-6-5-7-14-9-11(13)12(16)17-4/h10-11,14H,5-9H2,1-4H3. The number of alkyl halides is 1. The first-order valence-corrected chi connectivity index (χ1v) is 7.03.